The number of ether oxygens (including phenoxy) is 1. The molecule has 2 N–H and O–H groups in total. The Balaban J connectivity index is 1.75. The lowest BCUT2D eigenvalue weighted by atomic mass is 10.2. The van der Waals surface area contributed by atoms with E-state index in [4.69, 9.17) is 16.3 Å². The molecule has 0 atom stereocenters. The van der Waals surface area contributed by atoms with E-state index in [1.54, 1.807) is 36.4 Å². The van der Waals surface area contributed by atoms with Crippen LogP contribution >= 0.6 is 27.5 Å². The third-order valence-electron chi connectivity index (χ3n) is 3.93. The first-order chi connectivity index (χ1) is 13.8. The number of methoxy groups -OCH3 is 1. The number of rotatable bonds is 6. The number of carbonyl (C=O) groups excluding carboxylic acids is 1. The van der Waals surface area contributed by atoms with Crippen molar-refractivity contribution in [3.63, 3.8) is 0 Å². The number of sulfonamides is 1. The smallest absolute Gasteiger partial charge is 0.261 e. The lowest BCUT2D eigenvalue weighted by Gasteiger charge is -2.11. The van der Waals surface area contributed by atoms with E-state index < -0.39 is 15.9 Å². The van der Waals surface area contributed by atoms with Crippen LogP contribution in [-0.2, 0) is 10.0 Å². The van der Waals surface area contributed by atoms with Crippen molar-refractivity contribution in [1.82, 2.24) is 0 Å². The zero-order valence-corrected chi connectivity index (χ0v) is 18.3. The van der Waals surface area contributed by atoms with Crippen LogP contribution in [0.3, 0.4) is 0 Å². The third kappa shape index (κ3) is 5.29. The Morgan fingerprint density at radius 1 is 0.966 bits per heavy atom. The quantitative estimate of drug-likeness (QED) is 0.494. The van der Waals surface area contributed by atoms with Gasteiger partial charge in [0.1, 0.15) is 5.75 Å². The minimum absolute atomic E-state index is 0.0683. The summed E-state index contributed by atoms with van der Waals surface area (Å²) in [6.07, 6.45) is 0. The van der Waals surface area contributed by atoms with Crippen molar-refractivity contribution >= 4 is 54.8 Å². The van der Waals surface area contributed by atoms with E-state index in [2.05, 4.69) is 26.0 Å². The van der Waals surface area contributed by atoms with Crippen LogP contribution in [0.25, 0.3) is 0 Å². The van der Waals surface area contributed by atoms with Crippen LogP contribution in [-0.4, -0.2) is 21.4 Å². The van der Waals surface area contributed by atoms with Gasteiger partial charge in [-0.1, -0.05) is 27.5 Å². The van der Waals surface area contributed by atoms with E-state index in [1.165, 1.54) is 37.4 Å². The normalized spacial score (nSPS) is 11.0. The second-order valence-electron chi connectivity index (χ2n) is 5.94. The number of nitrogens with one attached hydrogen (secondary N) is 2. The van der Waals surface area contributed by atoms with E-state index >= 15 is 0 Å². The molecule has 0 bridgehead atoms. The predicted molar refractivity (Wildman–Crippen MR) is 117 cm³/mol. The van der Waals surface area contributed by atoms with Crippen molar-refractivity contribution in [2.45, 2.75) is 4.90 Å². The number of benzene rings is 3. The molecule has 0 aromatic heterocycles. The van der Waals surface area contributed by atoms with E-state index in [0.717, 1.165) is 4.47 Å². The van der Waals surface area contributed by atoms with Crippen molar-refractivity contribution in [2.75, 3.05) is 17.1 Å². The molecule has 0 fully saturated rings. The molecule has 29 heavy (non-hydrogen) atoms. The van der Waals surface area contributed by atoms with Crippen LogP contribution in [0.4, 0.5) is 11.4 Å². The number of carbonyl (C=O) groups is 1. The first-order valence-corrected chi connectivity index (χ1v) is 11.0. The van der Waals surface area contributed by atoms with Gasteiger partial charge in [-0.2, -0.15) is 0 Å². The van der Waals surface area contributed by atoms with Crippen molar-refractivity contribution in [3.05, 3.63) is 81.8 Å². The van der Waals surface area contributed by atoms with Crippen LogP contribution in [0, 0.1) is 0 Å². The highest BCUT2D eigenvalue weighted by molar-refractivity contribution is 9.10. The fourth-order valence-electron chi connectivity index (χ4n) is 2.51. The van der Waals surface area contributed by atoms with Crippen molar-refractivity contribution in [1.29, 1.82) is 0 Å². The lowest BCUT2D eigenvalue weighted by molar-refractivity contribution is 0.102. The van der Waals surface area contributed by atoms with Crippen molar-refractivity contribution in [3.8, 4) is 5.75 Å². The van der Waals surface area contributed by atoms with Crippen molar-refractivity contribution in [2.24, 2.45) is 0 Å². The number of anilines is 2. The van der Waals surface area contributed by atoms with Crippen LogP contribution in [0.2, 0.25) is 5.02 Å². The van der Waals surface area contributed by atoms with Crippen LogP contribution in [0.1, 0.15) is 10.4 Å². The van der Waals surface area contributed by atoms with E-state index in [1.807, 2.05) is 0 Å². The molecule has 0 heterocycles. The highest BCUT2D eigenvalue weighted by Gasteiger charge is 2.16. The summed E-state index contributed by atoms with van der Waals surface area (Å²) in [5, 5.41) is 3.10. The number of amides is 1. The highest BCUT2D eigenvalue weighted by Crippen LogP contribution is 2.24. The summed E-state index contributed by atoms with van der Waals surface area (Å²) in [5.74, 6) is -0.0438. The maximum absolute atomic E-state index is 12.5. The molecule has 0 saturated carbocycles. The Morgan fingerprint density at radius 3 is 2.21 bits per heavy atom. The molecule has 0 unspecified atom stereocenters. The van der Waals surface area contributed by atoms with Gasteiger partial charge in [0, 0.05) is 20.9 Å². The molecular formula is C20H16BrClN2O4S. The molecule has 0 aliphatic carbocycles. The zero-order valence-electron chi connectivity index (χ0n) is 15.1. The van der Waals surface area contributed by atoms with Gasteiger partial charge in [0.05, 0.1) is 17.6 Å². The second-order valence-corrected chi connectivity index (χ2v) is 8.97. The molecule has 0 aliphatic heterocycles. The second kappa shape index (κ2) is 8.86. The number of hydrogen-bond donors (Lipinski definition) is 2. The largest absolute Gasteiger partial charge is 0.496 e. The molecular weight excluding hydrogens is 480 g/mol. The monoisotopic (exact) mass is 494 g/mol. The lowest BCUT2D eigenvalue weighted by Crippen LogP contribution is -2.14. The Morgan fingerprint density at radius 2 is 1.59 bits per heavy atom. The average molecular weight is 496 g/mol. The molecule has 3 aromatic carbocycles. The molecule has 3 aromatic rings. The molecule has 0 saturated heterocycles. The minimum Gasteiger partial charge on any atom is -0.496 e. The molecule has 0 radical (unpaired) electrons. The maximum Gasteiger partial charge on any atom is 0.261 e. The van der Waals surface area contributed by atoms with Crippen LogP contribution < -0.4 is 14.8 Å². The van der Waals surface area contributed by atoms with Gasteiger partial charge >= 0.3 is 0 Å². The fourth-order valence-corrected chi connectivity index (χ4v) is 4.00. The summed E-state index contributed by atoms with van der Waals surface area (Å²) in [7, 11) is -2.30. The minimum atomic E-state index is -3.76. The Labute approximate surface area is 182 Å². The summed E-state index contributed by atoms with van der Waals surface area (Å²) < 4.78 is 33.6. The summed E-state index contributed by atoms with van der Waals surface area (Å²) in [6.45, 7) is 0. The van der Waals surface area contributed by atoms with Crippen molar-refractivity contribution < 1.29 is 17.9 Å². The highest BCUT2D eigenvalue weighted by atomic mass is 79.9. The molecule has 0 aliphatic rings. The van der Waals surface area contributed by atoms with Gasteiger partial charge in [0.25, 0.3) is 15.9 Å². The van der Waals surface area contributed by atoms with Gasteiger partial charge < -0.3 is 10.1 Å². The van der Waals surface area contributed by atoms with Gasteiger partial charge in [0.15, 0.2) is 0 Å². The SMILES string of the molecule is COc1ccc(Cl)cc1C(=O)Nc1ccc(S(=O)(=O)Nc2ccc(Br)cc2)cc1. The van der Waals surface area contributed by atoms with Crippen LogP contribution in [0.15, 0.2) is 76.1 Å². The molecule has 150 valence electrons. The van der Waals surface area contributed by atoms with Gasteiger partial charge in [-0.25, -0.2) is 8.42 Å². The number of halogens is 2. The fraction of sp³-hybridized carbons (Fsp3) is 0.0500. The first kappa shape index (κ1) is 21.2. The van der Waals surface area contributed by atoms with E-state index in [-0.39, 0.29) is 10.5 Å². The van der Waals surface area contributed by atoms with Gasteiger partial charge in [0.2, 0.25) is 0 Å². The molecule has 1 amide bonds. The molecule has 0 spiro atoms. The van der Waals surface area contributed by atoms with E-state index in [9.17, 15) is 13.2 Å². The molecule has 6 nitrogen and oxygen atoms in total. The van der Waals surface area contributed by atoms with Crippen LogP contribution in [0.5, 0.6) is 5.75 Å². The van der Waals surface area contributed by atoms with Gasteiger partial charge in [-0.05, 0) is 66.7 Å². The summed E-state index contributed by atoms with van der Waals surface area (Å²) in [6, 6.07) is 17.3. The number of hydrogen-bond acceptors (Lipinski definition) is 4. The third-order valence-corrected chi connectivity index (χ3v) is 6.09. The first-order valence-electron chi connectivity index (χ1n) is 8.32. The molecule has 9 heteroatoms. The maximum atomic E-state index is 12.5. The summed E-state index contributed by atoms with van der Waals surface area (Å²) >= 11 is 9.26. The standard InChI is InChI=1S/C20H16BrClN2O4S/c1-28-19-11-4-14(22)12-18(19)20(25)23-15-7-9-17(10-8-15)29(26,27)24-16-5-2-13(21)3-6-16/h2-12,24H,1H3,(H,23,25). The predicted octanol–water partition coefficient (Wildman–Crippen LogP) is 5.16. The Kier molecular flexibility index (Phi) is 6.46. The Hall–Kier alpha value is -2.55. The van der Waals surface area contributed by atoms with Gasteiger partial charge in [-0.15, -0.1) is 0 Å². The zero-order chi connectivity index (χ0) is 21.0. The average Bonchev–Trinajstić information content (AvgIpc) is 2.70. The van der Waals surface area contributed by atoms with Gasteiger partial charge in [-0.3, -0.25) is 9.52 Å². The molecule has 3 rings (SSSR count). The van der Waals surface area contributed by atoms with E-state index in [0.29, 0.717) is 22.1 Å². The topological polar surface area (TPSA) is 84.5 Å². The Bertz CT molecular complexity index is 1130. The summed E-state index contributed by atoms with van der Waals surface area (Å²) in [5.41, 5.74) is 1.15. The summed E-state index contributed by atoms with van der Waals surface area (Å²) in [4.78, 5) is 12.6.